The third-order valence-electron chi connectivity index (χ3n) is 1.59. The van der Waals surface area contributed by atoms with Gasteiger partial charge in [0, 0.05) is 19.1 Å². The molecule has 0 aliphatic carbocycles. The van der Waals surface area contributed by atoms with Gasteiger partial charge < -0.3 is 8.85 Å². The van der Waals surface area contributed by atoms with Crippen molar-refractivity contribution in [1.82, 2.24) is 0 Å². The number of hydrogen-bond donors (Lipinski definition) is 0. The van der Waals surface area contributed by atoms with Crippen molar-refractivity contribution in [3.63, 3.8) is 0 Å². The van der Waals surface area contributed by atoms with E-state index in [-0.39, 0.29) is 0 Å². The van der Waals surface area contributed by atoms with Crippen LogP contribution in [0.2, 0.25) is 6.04 Å². The molecule has 0 saturated heterocycles. The van der Waals surface area contributed by atoms with Gasteiger partial charge in [-0.1, -0.05) is 13.8 Å². The van der Waals surface area contributed by atoms with E-state index < -0.39 is 9.28 Å². The van der Waals surface area contributed by atoms with Crippen LogP contribution in [0.3, 0.4) is 0 Å². The Labute approximate surface area is 88.4 Å². The number of alkyl halides is 1. The van der Waals surface area contributed by atoms with E-state index >= 15 is 0 Å². The van der Waals surface area contributed by atoms with Gasteiger partial charge in [0.25, 0.3) is 0 Å². The fourth-order valence-electron chi connectivity index (χ4n) is 0.957. The Morgan fingerprint density at radius 3 is 2.00 bits per heavy atom. The molecule has 4 heteroatoms. The van der Waals surface area contributed by atoms with Crippen molar-refractivity contribution in [1.29, 1.82) is 0 Å². The molecular formula is C9H21ClO2Si. The van der Waals surface area contributed by atoms with Crippen molar-refractivity contribution in [2.45, 2.75) is 39.2 Å². The van der Waals surface area contributed by atoms with E-state index in [1.165, 1.54) is 0 Å². The van der Waals surface area contributed by atoms with E-state index in [4.69, 9.17) is 20.5 Å². The Morgan fingerprint density at radius 1 is 1.08 bits per heavy atom. The first-order chi connectivity index (χ1) is 6.35. The zero-order valence-electron chi connectivity index (χ0n) is 8.72. The van der Waals surface area contributed by atoms with E-state index in [0.717, 1.165) is 38.5 Å². The average Bonchev–Trinajstić information content (AvgIpc) is 2.17. The normalized spacial score (nSPS) is 11.1. The fraction of sp³-hybridized carbons (Fsp3) is 1.00. The quantitative estimate of drug-likeness (QED) is 0.443. The van der Waals surface area contributed by atoms with Crippen LogP contribution >= 0.6 is 11.6 Å². The zero-order valence-corrected chi connectivity index (χ0v) is 10.6. The van der Waals surface area contributed by atoms with Gasteiger partial charge in [0.2, 0.25) is 0 Å². The molecule has 0 atom stereocenters. The molecule has 0 heterocycles. The highest BCUT2D eigenvalue weighted by molar-refractivity contribution is 6.44. The molecule has 0 aromatic rings. The first-order valence-electron chi connectivity index (χ1n) is 5.14. The summed E-state index contributed by atoms with van der Waals surface area (Å²) in [5.74, 6) is 0.717. The average molecular weight is 225 g/mol. The molecule has 2 nitrogen and oxygen atoms in total. The summed E-state index contributed by atoms with van der Waals surface area (Å²) in [5.41, 5.74) is 0. The Morgan fingerprint density at radius 2 is 1.62 bits per heavy atom. The second kappa shape index (κ2) is 10.5. The second-order valence-corrected chi connectivity index (χ2v) is 5.48. The predicted octanol–water partition coefficient (Wildman–Crippen LogP) is 2.69. The number of rotatable bonds is 9. The maximum Gasteiger partial charge on any atom is 0.321 e. The SMILES string of the molecule is CCCO[SiH](CCCCl)OCCC. The Balaban J connectivity index is 3.47. The van der Waals surface area contributed by atoms with Crippen LogP contribution in [0.5, 0.6) is 0 Å². The number of halogens is 1. The zero-order chi connectivity index (χ0) is 9.94. The van der Waals surface area contributed by atoms with Crippen LogP contribution in [-0.4, -0.2) is 28.4 Å². The lowest BCUT2D eigenvalue weighted by Crippen LogP contribution is -2.23. The van der Waals surface area contributed by atoms with Crippen molar-refractivity contribution >= 4 is 20.9 Å². The molecule has 0 fully saturated rings. The minimum absolute atomic E-state index is 0.717. The topological polar surface area (TPSA) is 18.5 Å². The Bertz CT molecular complexity index is 84.6. The van der Waals surface area contributed by atoms with Crippen molar-refractivity contribution in [3.8, 4) is 0 Å². The molecule has 0 spiro atoms. The molecule has 80 valence electrons. The van der Waals surface area contributed by atoms with Crippen molar-refractivity contribution in [2.75, 3.05) is 19.1 Å². The summed E-state index contributed by atoms with van der Waals surface area (Å²) in [7, 11) is -1.37. The maximum atomic E-state index is 5.65. The molecule has 0 amide bonds. The van der Waals surface area contributed by atoms with Crippen LogP contribution in [0.15, 0.2) is 0 Å². The molecule has 0 aromatic heterocycles. The standard InChI is InChI=1S/C9H21ClO2Si/c1-3-7-11-13(9-5-6-10)12-8-4-2/h13H,3-9H2,1-2H3. The molecule has 0 saturated carbocycles. The molecule has 0 aliphatic rings. The van der Waals surface area contributed by atoms with E-state index in [9.17, 15) is 0 Å². The van der Waals surface area contributed by atoms with Crippen molar-refractivity contribution in [2.24, 2.45) is 0 Å². The summed E-state index contributed by atoms with van der Waals surface area (Å²) in [5, 5.41) is 0. The summed E-state index contributed by atoms with van der Waals surface area (Å²) >= 11 is 5.62. The predicted molar refractivity (Wildman–Crippen MR) is 59.8 cm³/mol. The monoisotopic (exact) mass is 224 g/mol. The minimum atomic E-state index is -1.37. The van der Waals surface area contributed by atoms with Gasteiger partial charge >= 0.3 is 9.28 Å². The van der Waals surface area contributed by atoms with Gasteiger partial charge in [-0.3, -0.25) is 0 Å². The highest BCUT2D eigenvalue weighted by Gasteiger charge is 2.11. The van der Waals surface area contributed by atoms with Gasteiger partial charge in [-0.2, -0.15) is 0 Å². The maximum absolute atomic E-state index is 5.65. The van der Waals surface area contributed by atoms with Gasteiger partial charge in [0.15, 0.2) is 0 Å². The smallest absolute Gasteiger partial charge is 0.321 e. The van der Waals surface area contributed by atoms with Crippen LogP contribution in [0, 0.1) is 0 Å². The molecule has 0 N–H and O–H groups in total. The lowest BCUT2D eigenvalue weighted by Gasteiger charge is -2.15. The lowest BCUT2D eigenvalue weighted by atomic mass is 10.5. The Hall–Kier alpha value is 0.427. The molecule has 0 aliphatic heterocycles. The summed E-state index contributed by atoms with van der Waals surface area (Å²) in [6.07, 6.45) is 3.16. The van der Waals surface area contributed by atoms with E-state index in [1.54, 1.807) is 0 Å². The molecular weight excluding hydrogens is 204 g/mol. The molecule has 0 bridgehead atoms. The van der Waals surface area contributed by atoms with Gasteiger partial charge in [0.05, 0.1) is 0 Å². The molecule has 13 heavy (non-hydrogen) atoms. The van der Waals surface area contributed by atoms with E-state index in [2.05, 4.69) is 13.8 Å². The summed E-state index contributed by atoms with van der Waals surface area (Å²) < 4.78 is 11.3. The van der Waals surface area contributed by atoms with Crippen LogP contribution < -0.4 is 0 Å². The molecule has 0 unspecified atom stereocenters. The van der Waals surface area contributed by atoms with E-state index in [1.807, 2.05) is 0 Å². The largest absolute Gasteiger partial charge is 0.397 e. The van der Waals surface area contributed by atoms with Crippen LogP contribution in [0.25, 0.3) is 0 Å². The summed E-state index contributed by atoms with van der Waals surface area (Å²) in [6.45, 7) is 5.91. The van der Waals surface area contributed by atoms with Gasteiger partial charge in [0.1, 0.15) is 0 Å². The third kappa shape index (κ3) is 8.75. The first-order valence-corrected chi connectivity index (χ1v) is 7.43. The number of hydrogen-bond acceptors (Lipinski definition) is 2. The van der Waals surface area contributed by atoms with Gasteiger partial charge in [-0.25, -0.2) is 0 Å². The highest BCUT2D eigenvalue weighted by atomic mass is 35.5. The van der Waals surface area contributed by atoms with Crippen molar-refractivity contribution < 1.29 is 8.85 Å². The van der Waals surface area contributed by atoms with E-state index in [0.29, 0.717) is 5.88 Å². The lowest BCUT2D eigenvalue weighted by molar-refractivity contribution is 0.196. The second-order valence-electron chi connectivity index (χ2n) is 3.00. The summed E-state index contributed by atoms with van der Waals surface area (Å²) in [6, 6.07) is 1.05. The molecule has 0 aromatic carbocycles. The van der Waals surface area contributed by atoms with Crippen LogP contribution in [0.1, 0.15) is 33.1 Å². The highest BCUT2D eigenvalue weighted by Crippen LogP contribution is 2.04. The van der Waals surface area contributed by atoms with Crippen LogP contribution in [0.4, 0.5) is 0 Å². The van der Waals surface area contributed by atoms with Gasteiger partial charge in [-0.05, 0) is 25.3 Å². The third-order valence-corrected chi connectivity index (χ3v) is 3.95. The molecule has 0 rings (SSSR count). The fourth-order valence-corrected chi connectivity index (χ4v) is 3.33. The van der Waals surface area contributed by atoms with Crippen LogP contribution in [-0.2, 0) is 8.85 Å². The minimum Gasteiger partial charge on any atom is -0.397 e. The molecule has 0 radical (unpaired) electrons. The Kier molecular flexibility index (Phi) is 10.9. The van der Waals surface area contributed by atoms with Gasteiger partial charge in [-0.15, -0.1) is 11.6 Å². The summed E-state index contributed by atoms with van der Waals surface area (Å²) in [4.78, 5) is 0. The van der Waals surface area contributed by atoms with Crippen molar-refractivity contribution in [3.05, 3.63) is 0 Å². The first kappa shape index (κ1) is 13.4.